The molecule has 140 valence electrons. The number of benzene rings is 1. The Kier molecular flexibility index (Phi) is 8.90. The van der Waals surface area contributed by atoms with Gasteiger partial charge in [0, 0.05) is 6.61 Å². The van der Waals surface area contributed by atoms with Crippen molar-refractivity contribution < 1.29 is 28.5 Å². The van der Waals surface area contributed by atoms with Crippen LogP contribution in [0, 0.1) is 6.92 Å². The lowest BCUT2D eigenvalue weighted by Crippen LogP contribution is -2.24. The highest BCUT2D eigenvalue weighted by atomic mass is 16.7. The summed E-state index contributed by atoms with van der Waals surface area (Å²) in [6.07, 6.45) is 3.19. The minimum Gasteiger partial charge on any atom is -0.465 e. The molecular formula is C19H28O6. The number of aryl methyl sites for hydroxylation is 1. The predicted molar refractivity (Wildman–Crippen MR) is 92.5 cm³/mol. The summed E-state index contributed by atoms with van der Waals surface area (Å²) in [6.45, 7) is 5.27. The number of esters is 1. The van der Waals surface area contributed by atoms with E-state index in [0.29, 0.717) is 38.6 Å². The molecule has 0 N–H and O–H groups in total. The fourth-order valence-electron chi connectivity index (χ4n) is 2.65. The van der Waals surface area contributed by atoms with E-state index >= 15 is 0 Å². The van der Waals surface area contributed by atoms with Crippen LogP contribution in [0.2, 0.25) is 0 Å². The van der Waals surface area contributed by atoms with E-state index < -0.39 is 0 Å². The molecular weight excluding hydrogens is 324 g/mol. The molecule has 0 radical (unpaired) electrons. The summed E-state index contributed by atoms with van der Waals surface area (Å²) in [4.78, 5) is 11.5. The van der Waals surface area contributed by atoms with Gasteiger partial charge in [0.15, 0.2) is 6.29 Å². The molecule has 0 spiro atoms. The van der Waals surface area contributed by atoms with Gasteiger partial charge in [-0.3, -0.25) is 0 Å². The van der Waals surface area contributed by atoms with Gasteiger partial charge < -0.3 is 23.7 Å². The molecule has 0 bridgehead atoms. The van der Waals surface area contributed by atoms with Gasteiger partial charge in [-0.15, -0.1) is 0 Å². The number of carbonyl (C=O) groups is 1. The third-order valence-electron chi connectivity index (χ3n) is 4.01. The number of carbonyl (C=O) groups excluding carboxylic acids is 1. The quantitative estimate of drug-likeness (QED) is 0.477. The predicted octanol–water partition coefficient (Wildman–Crippen LogP) is 2.86. The van der Waals surface area contributed by atoms with Gasteiger partial charge in [-0.05, 0) is 43.4 Å². The van der Waals surface area contributed by atoms with Gasteiger partial charge in [0.05, 0.1) is 45.7 Å². The van der Waals surface area contributed by atoms with E-state index in [1.165, 1.54) is 13.5 Å². The zero-order valence-corrected chi connectivity index (χ0v) is 15.1. The lowest BCUT2D eigenvalue weighted by atomic mass is 10.1. The Hall–Kier alpha value is -1.47. The Labute approximate surface area is 149 Å². The van der Waals surface area contributed by atoms with Crippen LogP contribution in [0.15, 0.2) is 18.2 Å². The topological polar surface area (TPSA) is 63.2 Å². The molecule has 0 aliphatic carbocycles. The molecule has 6 heteroatoms. The Bertz CT molecular complexity index is 525. The maximum atomic E-state index is 11.5. The first-order valence-corrected chi connectivity index (χ1v) is 8.77. The first kappa shape index (κ1) is 19.8. The largest absolute Gasteiger partial charge is 0.465 e. The fraction of sp³-hybridized carbons (Fsp3) is 0.632. The first-order chi connectivity index (χ1) is 12.2. The van der Waals surface area contributed by atoms with E-state index in [1.54, 1.807) is 6.07 Å². The standard InChI is InChI=1S/C19H28O6/c1-15-13-16(6-7-17(15)19(20)21-2)14-23-10-9-22-11-12-25-18-5-3-4-8-24-18/h6-7,13,18H,3-5,8-12,14H2,1-2H3. The van der Waals surface area contributed by atoms with Crippen molar-refractivity contribution in [2.45, 2.75) is 39.1 Å². The van der Waals surface area contributed by atoms with Crippen LogP contribution in [0.5, 0.6) is 0 Å². The molecule has 1 aliphatic heterocycles. The van der Waals surface area contributed by atoms with Gasteiger partial charge in [0.1, 0.15) is 0 Å². The van der Waals surface area contributed by atoms with Crippen molar-refractivity contribution >= 4 is 5.97 Å². The summed E-state index contributed by atoms with van der Waals surface area (Å²) in [7, 11) is 1.38. The molecule has 1 fully saturated rings. The Morgan fingerprint density at radius 2 is 1.96 bits per heavy atom. The van der Waals surface area contributed by atoms with E-state index in [-0.39, 0.29) is 12.3 Å². The van der Waals surface area contributed by atoms with Crippen molar-refractivity contribution in [3.8, 4) is 0 Å². The number of methoxy groups -OCH3 is 1. The molecule has 1 heterocycles. The normalized spacial score (nSPS) is 17.4. The second-order valence-corrected chi connectivity index (χ2v) is 5.97. The third-order valence-corrected chi connectivity index (χ3v) is 4.01. The molecule has 0 aromatic heterocycles. The minimum absolute atomic E-state index is 0.0650. The molecule has 1 aliphatic rings. The highest BCUT2D eigenvalue weighted by molar-refractivity contribution is 5.90. The van der Waals surface area contributed by atoms with Gasteiger partial charge in [-0.1, -0.05) is 12.1 Å². The zero-order chi connectivity index (χ0) is 17.9. The summed E-state index contributed by atoms with van der Waals surface area (Å²) in [5.41, 5.74) is 2.48. The molecule has 25 heavy (non-hydrogen) atoms. The maximum absolute atomic E-state index is 11.5. The monoisotopic (exact) mass is 352 g/mol. The van der Waals surface area contributed by atoms with Gasteiger partial charge in [0.2, 0.25) is 0 Å². The Morgan fingerprint density at radius 1 is 1.16 bits per heavy atom. The summed E-state index contributed by atoms with van der Waals surface area (Å²) < 4.78 is 26.9. The van der Waals surface area contributed by atoms with Crippen LogP contribution in [0.25, 0.3) is 0 Å². The Balaban J connectivity index is 1.52. The van der Waals surface area contributed by atoms with Crippen molar-refractivity contribution in [2.75, 3.05) is 40.1 Å². The number of ether oxygens (including phenoxy) is 5. The molecule has 1 aromatic carbocycles. The van der Waals surface area contributed by atoms with Crippen LogP contribution in [0.3, 0.4) is 0 Å². The Morgan fingerprint density at radius 3 is 2.68 bits per heavy atom. The van der Waals surface area contributed by atoms with Gasteiger partial charge in [-0.2, -0.15) is 0 Å². The molecule has 0 saturated carbocycles. The smallest absolute Gasteiger partial charge is 0.338 e. The van der Waals surface area contributed by atoms with Crippen molar-refractivity contribution in [3.05, 3.63) is 34.9 Å². The van der Waals surface area contributed by atoms with Crippen molar-refractivity contribution in [3.63, 3.8) is 0 Å². The average molecular weight is 352 g/mol. The summed E-state index contributed by atoms with van der Waals surface area (Å²) in [6, 6.07) is 5.57. The van der Waals surface area contributed by atoms with Gasteiger partial charge >= 0.3 is 5.97 Å². The van der Waals surface area contributed by atoms with Gasteiger partial charge in [-0.25, -0.2) is 4.79 Å². The number of hydrogen-bond acceptors (Lipinski definition) is 6. The molecule has 1 atom stereocenters. The van der Waals surface area contributed by atoms with Crippen molar-refractivity contribution in [1.82, 2.24) is 0 Å². The second kappa shape index (κ2) is 11.2. The highest BCUT2D eigenvalue weighted by Gasteiger charge is 2.13. The SMILES string of the molecule is COC(=O)c1ccc(COCCOCCOC2CCCCO2)cc1C. The first-order valence-electron chi connectivity index (χ1n) is 8.77. The summed E-state index contributed by atoms with van der Waals surface area (Å²) in [5, 5.41) is 0. The van der Waals surface area contributed by atoms with Crippen LogP contribution in [-0.2, 0) is 30.3 Å². The molecule has 1 aromatic rings. The van der Waals surface area contributed by atoms with Crippen LogP contribution < -0.4 is 0 Å². The average Bonchev–Trinajstić information content (AvgIpc) is 2.64. The van der Waals surface area contributed by atoms with Gasteiger partial charge in [0.25, 0.3) is 0 Å². The summed E-state index contributed by atoms with van der Waals surface area (Å²) >= 11 is 0. The molecule has 0 amide bonds. The molecule has 1 saturated heterocycles. The van der Waals surface area contributed by atoms with Crippen LogP contribution in [-0.4, -0.2) is 52.4 Å². The van der Waals surface area contributed by atoms with Crippen molar-refractivity contribution in [1.29, 1.82) is 0 Å². The fourth-order valence-corrected chi connectivity index (χ4v) is 2.65. The summed E-state index contributed by atoms with van der Waals surface area (Å²) in [5.74, 6) is -0.320. The van der Waals surface area contributed by atoms with Crippen LogP contribution in [0.1, 0.15) is 40.7 Å². The number of hydrogen-bond donors (Lipinski definition) is 0. The molecule has 2 rings (SSSR count). The number of rotatable bonds is 10. The highest BCUT2D eigenvalue weighted by Crippen LogP contribution is 2.14. The second-order valence-electron chi connectivity index (χ2n) is 5.97. The van der Waals surface area contributed by atoms with Crippen molar-refractivity contribution in [2.24, 2.45) is 0 Å². The van der Waals surface area contributed by atoms with E-state index in [2.05, 4.69) is 0 Å². The van der Waals surface area contributed by atoms with E-state index in [0.717, 1.165) is 30.6 Å². The maximum Gasteiger partial charge on any atom is 0.338 e. The lowest BCUT2D eigenvalue weighted by Gasteiger charge is -2.22. The van der Waals surface area contributed by atoms with Crippen LogP contribution in [0.4, 0.5) is 0 Å². The minimum atomic E-state index is -0.320. The molecule has 6 nitrogen and oxygen atoms in total. The van der Waals surface area contributed by atoms with Crippen LogP contribution >= 0.6 is 0 Å². The van der Waals surface area contributed by atoms with E-state index in [1.807, 2.05) is 19.1 Å². The third kappa shape index (κ3) is 7.12. The van der Waals surface area contributed by atoms with E-state index in [4.69, 9.17) is 23.7 Å². The zero-order valence-electron chi connectivity index (χ0n) is 15.1. The lowest BCUT2D eigenvalue weighted by molar-refractivity contribution is -0.169. The van der Waals surface area contributed by atoms with E-state index in [9.17, 15) is 4.79 Å². The molecule has 1 unspecified atom stereocenters.